The molecule has 0 bridgehead atoms. The van der Waals surface area contributed by atoms with Crippen molar-refractivity contribution in [1.29, 1.82) is 0 Å². The van der Waals surface area contributed by atoms with E-state index < -0.39 is 18.9 Å². The zero-order chi connectivity index (χ0) is 18.5. The van der Waals surface area contributed by atoms with Crippen molar-refractivity contribution in [2.75, 3.05) is 0 Å². The highest BCUT2D eigenvalue weighted by Gasteiger charge is 2.17. The molecular weight excluding hydrogens is 345 g/mol. The van der Waals surface area contributed by atoms with Gasteiger partial charge < -0.3 is 15.2 Å². The Morgan fingerprint density at radius 1 is 1.15 bits per heavy atom. The molecule has 0 unspecified atom stereocenters. The lowest BCUT2D eigenvalue weighted by atomic mass is 10.3. The van der Waals surface area contributed by atoms with Gasteiger partial charge in [-0.2, -0.15) is 4.39 Å². The third kappa shape index (κ3) is 4.11. The summed E-state index contributed by atoms with van der Waals surface area (Å²) in [7, 11) is 0. The van der Waals surface area contributed by atoms with E-state index >= 15 is 0 Å². The number of alkyl halides is 2. The van der Waals surface area contributed by atoms with Crippen molar-refractivity contribution in [3.05, 3.63) is 66.4 Å². The van der Waals surface area contributed by atoms with Crippen molar-refractivity contribution >= 4 is 11.2 Å². The predicted molar refractivity (Wildman–Crippen MR) is 90.3 cm³/mol. The van der Waals surface area contributed by atoms with Crippen molar-refractivity contribution in [3.63, 3.8) is 0 Å². The molecule has 0 spiro atoms. The summed E-state index contributed by atoms with van der Waals surface area (Å²) in [6, 6.07) is 7.88. The highest BCUT2D eigenvalue weighted by atomic mass is 19.3. The van der Waals surface area contributed by atoms with Crippen LogP contribution in [0.25, 0.3) is 11.2 Å². The van der Waals surface area contributed by atoms with Gasteiger partial charge in [0.2, 0.25) is 5.95 Å². The maximum absolute atomic E-state index is 13.3. The zero-order valence-corrected chi connectivity index (χ0v) is 13.8. The smallest absolute Gasteiger partial charge is 0.256 e. The Labute approximate surface area is 147 Å². The SMILES string of the molecule is N/C=C\N(Cc1cccc(F)n1)Cc1nc2cccnc2n1CC(F)F. The number of pyridine rings is 2. The van der Waals surface area contributed by atoms with E-state index in [2.05, 4.69) is 15.0 Å². The molecule has 0 fully saturated rings. The van der Waals surface area contributed by atoms with Gasteiger partial charge in [0, 0.05) is 18.6 Å². The molecule has 9 heteroatoms. The van der Waals surface area contributed by atoms with Gasteiger partial charge >= 0.3 is 0 Å². The summed E-state index contributed by atoms with van der Waals surface area (Å²) in [5, 5.41) is 0. The summed E-state index contributed by atoms with van der Waals surface area (Å²) in [4.78, 5) is 14.1. The van der Waals surface area contributed by atoms with Crippen LogP contribution < -0.4 is 5.73 Å². The molecule has 26 heavy (non-hydrogen) atoms. The summed E-state index contributed by atoms with van der Waals surface area (Å²) < 4.78 is 40.7. The van der Waals surface area contributed by atoms with Crippen molar-refractivity contribution in [1.82, 2.24) is 24.4 Å². The molecule has 0 aromatic carbocycles. The minimum atomic E-state index is -2.54. The minimum absolute atomic E-state index is 0.189. The number of nitrogens with two attached hydrogens (primary N) is 1. The van der Waals surface area contributed by atoms with Gasteiger partial charge in [0.1, 0.15) is 11.3 Å². The molecule has 0 saturated heterocycles. The van der Waals surface area contributed by atoms with Gasteiger partial charge in [-0.05, 0) is 24.3 Å². The Hall–Kier alpha value is -3.10. The maximum Gasteiger partial charge on any atom is 0.256 e. The number of rotatable bonds is 7. The number of nitrogens with zero attached hydrogens (tertiary/aromatic N) is 5. The van der Waals surface area contributed by atoms with Crippen LogP contribution in [0.4, 0.5) is 13.2 Å². The lowest BCUT2D eigenvalue weighted by Gasteiger charge is -2.20. The van der Waals surface area contributed by atoms with Crippen LogP contribution in [0, 0.1) is 5.95 Å². The largest absolute Gasteiger partial charge is 0.403 e. The molecule has 0 aliphatic heterocycles. The third-order valence-electron chi connectivity index (χ3n) is 3.68. The molecule has 6 nitrogen and oxygen atoms in total. The second-order valence-corrected chi connectivity index (χ2v) is 5.57. The fraction of sp³-hybridized carbons (Fsp3) is 0.235. The summed E-state index contributed by atoms with van der Waals surface area (Å²) in [6.07, 6.45) is 1.88. The first-order chi connectivity index (χ1) is 12.6. The van der Waals surface area contributed by atoms with Crippen LogP contribution in [0.1, 0.15) is 11.5 Å². The van der Waals surface area contributed by atoms with Crippen molar-refractivity contribution in [2.45, 2.75) is 26.1 Å². The minimum Gasteiger partial charge on any atom is -0.403 e. The van der Waals surface area contributed by atoms with Crippen LogP contribution in [0.3, 0.4) is 0 Å². The first-order valence-corrected chi connectivity index (χ1v) is 7.89. The van der Waals surface area contributed by atoms with Crippen molar-refractivity contribution in [3.8, 4) is 0 Å². The lowest BCUT2D eigenvalue weighted by Crippen LogP contribution is -2.21. The number of fused-ring (bicyclic) bond motifs is 1. The third-order valence-corrected chi connectivity index (χ3v) is 3.68. The van der Waals surface area contributed by atoms with Gasteiger partial charge in [-0.15, -0.1) is 0 Å². The van der Waals surface area contributed by atoms with Crippen LogP contribution in [-0.4, -0.2) is 30.8 Å². The molecular formula is C17H17F3N6. The highest BCUT2D eigenvalue weighted by Crippen LogP contribution is 2.18. The van der Waals surface area contributed by atoms with Crippen LogP contribution in [0.2, 0.25) is 0 Å². The molecule has 136 valence electrons. The van der Waals surface area contributed by atoms with E-state index in [0.29, 0.717) is 22.7 Å². The number of imidazole rings is 1. The maximum atomic E-state index is 13.3. The predicted octanol–water partition coefficient (Wildman–Crippen LogP) is 2.66. The number of hydrogen-bond acceptors (Lipinski definition) is 5. The molecule has 3 rings (SSSR count). The van der Waals surface area contributed by atoms with Crippen LogP contribution >= 0.6 is 0 Å². The normalized spacial score (nSPS) is 11.7. The first kappa shape index (κ1) is 17.7. The molecule has 0 atom stereocenters. The van der Waals surface area contributed by atoms with E-state index in [1.807, 2.05) is 0 Å². The topological polar surface area (TPSA) is 72.9 Å². The number of halogens is 3. The Bertz CT molecular complexity index is 908. The van der Waals surface area contributed by atoms with Gasteiger partial charge in [0.25, 0.3) is 6.43 Å². The van der Waals surface area contributed by atoms with E-state index in [1.165, 1.54) is 23.0 Å². The molecule has 0 aliphatic carbocycles. The quantitative estimate of drug-likeness (QED) is 0.654. The molecule has 3 heterocycles. The van der Waals surface area contributed by atoms with Crippen LogP contribution in [-0.2, 0) is 19.6 Å². The Morgan fingerprint density at radius 2 is 2.00 bits per heavy atom. The second kappa shape index (κ2) is 7.85. The average molecular weight is 362 g/mol. The molecule has 3 aromatic rings. The molecule has 3 aromatic heterocycles. The van der Waals surface area contributed by atoms with Gasteiger partial charge in [-0.1, -0.05) is 6.07 Å². The fourth-order valence-electron chi connectivity index (χ4n) is 2.67. The second-order valence-electron chi connectivity index (χ2n) is 5.57. The highest BCUT2D eigenvalue weighted by molar-refractivity contribution is 5.71. The van der Waals surface area contributed by atoms with E-state index in [4.69, 9.17) is 5.73 Å². The monoisotopic (exact) mass is 362 g/mol. The number of aromatic nitrogens is 4. The summed E-state index contributed by atoms with van der Waals surface area (Å²) in [5.41, 5.74) is 6.89. The molecule has 0 radical (unpaired) electrons. The van der Waals surface area contributed by atoms with Crippen LogP contribution in [0.15, 0.2) is 48.9 Å². The van der Waals surface area contributed by atoms with Gasteiger partial charge in [-0.25, -0.2) is 23.7 Å². The fourth-order valence-corrected chi connectivity index (χ4v) is 2.67. The van der Waals surface area contributed by atoms with E-state index in [-0.39, 0.29) is 13.1 Å². The standard InChI is InChI=1S/C17H17F3N6/c18-14(19)10-26-16(24-13-4-2-7-22-17(13)26)11-25(8-6-21)9-12-3-1-5-15(20)23-12/h1-8,14H,9-11,21H2/b8-6-. The van der Waals surface area contributed by atoms with E-state index in [0.717, 1.165) is 0 Å². The molecule has 0 saturated carbocycles. The molecule has 0 aliphatic rings. The Morgan fingerprint density at radius 3 is 2.73 bits per heavy atom. The summed E-state index contributed by atoms with van der Waals surface area (Å²) >= 11 is 0. The zero-order valence-electron chi connectivity index (χ0n) is 13.8. The molecule has 2 N–H and O–H groups in total. The van der Waals surface area contributed by atoms with Crippen LogP contribution in [0.5, 0.6) is 0 Å². The van der Waals surface area contributed by atoms with Gasteiger partial charge in [-0.3, -0.25) is 0 Å². The van der Waals surface area contributed by atoms with Crippen molar-refractivity contribution in [2.24, 2.45) is 5.73 Å². The molecule has 0 amide bonds. The lowest BCUT2D eigenvalue weighted by molar-refractivity contribution is 0.125. The Balaban J connectivity index is 1.91. The number of hydrogen-bond donors (Lipinski definition) is 1. The van der Waals surface area contributed by atoms with E-state index in [1.54, 1.807) is 35.4 Å². The van der Waals surface area contributed by atoms with Gasteiger partial charge in [0.15, 0.2) is 5.65 Å². The van der Waals surface area contributed by atoms with Gasteiger partial charge in [0.05, 0.1) is 25.3 Å². The first-order valence-electron chi connectivity index (χ1n) is 7.89. The average Bonchev–Trinajstić information content (AvgIpc) is 2.92. The summed E-state index contributed by atoms with van der Waals surface area (Å²) in [6.45, 7) is -0.0764. The van der Waals surface area contributed by atoms with Crippen molar-refractivity contribution < 1.29 is 13.2 Å². The Kier molecular flexibility index (Phi) is 5.35. The summed E-state index contributed by atoms with van der Waals surface area (Å²) in [5.74, 6) is -0.179. The van der Waals surface area contributed by atoms with E-state index in [9.17, 15) is 13.2 Å².